The van der Waals surface area contributed by atoms with Gasteiger partial charge in [-0.2, -0.15) is 5.26 Å². The molecular formula is C33H37FN4O4. The van der Waals surface area contributed by atoms with E-state index in [2.05, 4.69) is 16.0 Å². The monoisotopic (exact) mass is 572 g/mol. The predicted molar refractivity (Wildman–Crippen MR) is 158 cm³/mol. The first kappa shape index (κ1) is 30.8. The average Bonchev–Trinajstić information content (AvgIpc) is 2.99. The number of rotatable bonds is 12. The van der Waals surface area contributed by atoms with Crippen LogP contribution in [0.2, 0.25) is 0 Å². The van der Waals surface area contributed by atoms with E-state index in [1.165, 1.54) is 6.07 Å². The normalized spacial score (nSPS) is 18.0. The zero-order chi connectivity index (χ0) is 30.2. The van der Waals surface area contributed by atoms with Crippen LogP contribution in [0.4, 0.5) is 9.18 Å². The molecule has 1 saturated heterocycles. The summed E-state index contributed by atoms with van der Waals surface area (Å²) in [6, 6.07) is 21.1. The molecule has 5 N–H and O–H groups in total. The minimum atomic E-state index is -1.84. The number of halogens is 1. The molecule has 2 atom stereocenters. The molecule has 0 spiro atoms. The van der Waals surface area contributed by atoms with Gasteiger partial charge in [0.1, 0.15) is 11.4 Å². The van der Waals surface area contributed by atoms with Gasteiger partial charge >= 0.3 is 6.09 Å². The molecule has 1 aliphatic rings. The second kappa shape index (κ2) is 13.7. The average molecular weight is 573 g/mol. The minimum absolute atomic E-state index is 0.0269. The maximum atomic E-state index is 15.8. The van der Waals surface area contributed by atoms with Crippen molar-refractivity contribution >= 4 is 11.9 Å². The number of hydrogen-bond acceptors (Lipinski definition) is 6. The third-order valence-electron chi connectivity index (χ3n) is 8.12. The van der Waals surface area contributed by atoms with Crippen molar-refractivity contribution in [3.63, 3.8) is 0 Å². The van der Waals surface area contributed by atoms with Crippen molar-refractivity contribution in [2.24, 2.45) is 5.41 Å². The van der Waals surface area contributed by atoms with Gasteiger partial charge in [-0.15, -0.1) is 0 Å². The maximum Gasteiger partial charge on any atom is 0.404 e. The summed E-state index contributed by atoms with van der Waals surface area (Å²) in [5, 5.41) is 39.5. The van der Waals surface area contributed by atoms with E-state index in [1.54, 1.807) is 30.3 Å². The fraction of sp³-hybridized carbons (Fsp3) is 0.364. The zero-order valence-corrected chi connectivity index (χ0v) is 23.8. The number of nitrogens with one attached hydrogen (secondary N) is 3. The van der Waals surface area contributed by atoms with Crippen LogP contribution in [0.15, 0.2) is 66.7 Å². The van der Waals surface area contributed by atoms with Crippen molar-refractivity contribution in [2.45, 2.75) is 44.8 Å². The number of aryl methyl sites for hydroxylation is 1. The van der Waals surface area contributed by atoms with Gasteiger partial charge in [0, 0.05) is 30.8 Å². The van der Waals surface area contributed by atoms with E-state index in [1.807, 2.05) is 43.3 Å². The second-order valence-electron chi connectivity index (χ2n) is 10.9. The first-order valence-corrected chi connectivity index (χ1v) is 14.2. The summed E-state index contributed by atoms with van der Waals surface area (Å²) in [5.41, 5.74) is 0.158. The van der Waals surface area contributed by atoms with E-state index >= 15 is 4.39 Å². The van der Waals surface area contributed by atoms with E-state index in [-0.39, 0.29) is 43.8 Å². The number of aliphatic hydroxyl groups is 1. The van der Waals surface area contributed by atoms with Gasteiger partial charge in [0.05, 0.1) is 18.0 Å². The molecule has 0 aromatic heterocycles. The molecule has 8 nitrogen and oxygen atoms in total. The van der Waals surface area contributed by atoms with E-state index in [4.69, 9.17) is 10.4 Å². The number of Topliss-reactive ketones (excluding diaryl/α,β-unsaturated/α-hetero) is 1. The topological polar surface area (TPSA) is 134 Å². The van der Waals surface area contributed by atoms with Crippen molar-refractivity contribution in [1.29, 1.82) is 5.26 Å². The lowest BCUT2D eigenvalue weighted by Crippen LogP contribution is -2.59. The number of nitrogens with zero attached hydrogens (tertiary/aromatic N) is 1. The number of carboxylic acid groups (broad SMARTS) is 1. The maximum absolute atomic E-state index is 15.8. The number of ketones is 1. The highest BCUT2D eigenvalue weighted by molar-refractivity contribution is 6.02. The molecule has 1 aliphatic heterocycles. The first-order chi connectivity index (χ1) is 20.2. The van der Waals surface area contributed by atoms with Crippen LogP contribution < -0.4 is 16.0 Å². The van der Waals surface area contributed by atoms with Crippen LogP contribution in [0.5, 0.6) is 0 Å². The van der Waals surface area contributed by atoms with E-state index in [0.29, 0.717) is 42.6 Å². The molecule has 0 aliphatic carbocycles. The summed E-state index contributed by atoms with van der Waals surface area (Å²) < 4.78 is 15.8. The Kier molecular flexibility index (Phi) is 10.1. The first-order valence-electron chi connectivity index (χ1n) is 14.2. The van der Waals surface area contributed by atoms with Crippen molar-refractivity contribution in [2.75, 3.05) is 26.2 Å². The van der Waals surface area contributed by atoms with E-state index in [0.717, 1.165) is 11.1 Å². The number of carbonyl (C=O) groups is 2. The molecule has 1 amide bonds. The standard InChI is InChI=1S/C33H37FN4O4/c1-23-6-2-7-26(20-23)29-27(8-3-9-28(29)34)33(42,15-5-18-38-31(40)41)32(14-4-17-37-22-32)30(39)25-12-10-24(11-13-25)21-36-19-16-35/h2-3,6-13,20,36-38,42H,4-5,14-15,17-19,21-22H2,1H3,(H,40,41)/t32-,33?/m0/s1. The second-order valence-corrected chi connectivity index (χ2v) is 10.9. The Hall–Kier alpha value is -4.10. The summed E-state index contributed by atoms with van der Waals surface area (Å²) in [6.45, 7) is 3.49. The van der Waals surface area contributed by atoms with Gasteiger partial charge in [-0.25, -0.2) is 9.18 Å². The van der Waals surface area contributed by atoms with E-state index in [9.17, 15) is 14.7 Å². The van der Waals surface area contributed by atoms with Crippen LogP contribution in [-0.4, -0.2) is 48.3 Å². The molecule has 220 valence electrons. The van der Waals surface area contributed by atoms with Crippen LogP contribution in [0.1, 0.15) is 52.7 Å². The Bertz CT molecular complexity index is 1450. The van der Waals surface area contributed by atoms with Crippen LogP contribution >= 0.6 is 0 Å². The highest BCUT2D eigenvalue weighted by Crippen LogP contribution is 2.52. The van der Waals surface area contributed by atoms with Crippen LogP contribution in [0.25, 0.3) is 11.1 Å². The summed E-state index contributed by atoms with van der Waals surface area (Å²) in [4.78, 5) is 25.7. The molecule has 0 saturated carbocycles. The van der Waals surface area contributed by atoms with Gasteiger partial charge in [0.25, 0.3) is 0 Å². The molecule has 42 heavy (non-hydrogen) atoms. The van der Waals surface area contributed by atoms with Crippen molar-refractivity contribution < 1.29 is 24.2 Å². The van der Waals surface area contributed by atoms with Crippen molar-refractivity contribution in [1.82, 2.24) is 16.0 Å². The van der Waals surface area contributed by atoms with E-state index < -0.39 is 22.9 Å². The van der Waals surface area contributed by atoms with Gasteiger partial charge in [0.15, 0.2) is 5.78 Å². The molecule has 9 heteroatoms. The highest BCUT2D eigenvalue weighted by atomic mass is 19.1. The molecule has 0 radical (unpaired) electrons. The molecule has 1 unspecified atom stereocenters. The largest absolute Gasteiger partial charge is 0.465 e. The van der Waals surface area contributed by atoms with Crippen LogP contribution in [0, 0.1) is 29.5 Å². The molecule has 1 fully saturated rings. The lowest BCUT2D eigenvalue weighted by Gasteiger charge is -2.50. The SMILES string of the molecule is Cc1cccc(-c2c(F)cccc2C(O)(CCCNC(=O)O)[C@@]2(C(=O)c3ccc(CNCC#N)cc3)CCCNC2)c1. The molecule has 1 heterocycles. The number of amides is 1. The fourth-order valence-corrected chi connectivity index (χ4v) is 6.09. The summed E-state index contributed by atoms with van der Waals surface area (Å²) in [5.74, 6) is -0.778. The Morgan fingerprint density at radius 1 is 1.14 bits per heavy atom. The highest BCUT2D eigenvalue weighted by Gasteiger charge is 2.57. The summed E-state index contributed by atoms with van der Waals surface area (Å²) in [6.07, 6.45) is 0.0487. The molecule has 0 bridgehead atoms. The number of benzene rings is 3. The number of nitriles is 1. The Morgan fingerprint density at radius 2 is 1.90 bits per heavy atom. The summed E-state index contributed by atoms with van der Waals surface area (Å²) in [7, 11) is 0. The smallest absolute Gasteiger partial charge is 0.404 e. The third-order valence-corrected chi connectivity index (χ3v) is 8.12. The quantitative estimate of drug-likeness (QED) is 0.118. The number of piperidine rings is 1. The minimum Gasteiger partial charge on any atom is -0.465 e. The fourth-order valence-electron chi connectivity index (χ4n) is 6.09. The van der Waals surface area contributed by atoms with Gasteiger partial charge in [-0.05, 0) is 61.9 Å². The lowest BCUT2D eigenvalue weighted by molar-refractivity contribution is -0.0881. The third kappa shape index (κ3) is 6.52. The molecule has 4 rings (SSSR count). The van der Waals surface area contributed by atoms with Crippen LogP contribution in [0.3, 0.4) is 0 Å². The van der Waals surface area contributed by atoms with Gasteiger partial charge in [-0.3, -0.25) is 4.79 Å². The Labute approximate surface area is 245 Å². The molecular weight excluding hydrogens is 535 g/mol. The lowest BCUT2D eigenvalue weighted by atomic mass is 9.58. The Balaban J connectivity index is 1.85. The number of carbonyl (C=O) groups excluding carboxylic acids is 1. The van der Waals surface area contributed by atoms with Crippen LogP contribution in [-0.2, 0) is 12.1 Å². The zero-order valence-electron chi connectivity index (χ0n) is 23.8. The van der Waals surface area contributed by atoms with Gasteiger partial charge < -0.3 is 26.2 Å². The predicted octanol–water partition coefficient (Wildman–Crippen LogP) is 4.90. The molecule has 3 aromatic carbocycles. The molecule has 3 aromatic rings. The van der Waals surface area contributed by atoms with Gasteiger partial charge in [-0.1, -0.05) is 66.2 Å². The Morgan fingerprint density at radius 3 is 2.57 bits per heavy atom. The van der Waals surface area contributed by atoms with Gasteiger partial charge in [0.2, 0.25) is 0 Å². The summed E-state index contributed by atoms with van der Waals surface area (Å²) >= 11 is 0. The van der Waals surface area contributed by atoms with Crippen molar-refractivity contribution in [3.8, 4) is 17.2 Å². The number of hydrogen-bond donors (Lipinski definition) is 5. The van der Waals surface area contributed by atoms with Crippen molar-refractivity contribution in [3.05, 3.63) is 94.8 Å².